The molecule has 1 amide bonds. The van der Waals surface area contributed by atoms with Crippen LogP contribution in [0.4, 0.5) is 5.69 Å². The third-order valence-corrected chi connectivity index (χ3v) is 4.61. The van der Waals surface area contributed by atoms with Crippen LogP contribution in [-0.4, -0.2) is 15.5 Å². The average Bonchev–Trinajstić information content (AvgIpc) is 3.02. The number of carbonyl (C=O) groups excluding carboxylic acids is 1. The van der Waals surface area contributed by atoms with Crippen molar-refractivity contribution < 1.29 is 4.79 Å². The summed E-state index contributed by atoms with van der Waals surface area (Å²) in [5.74, 6) is 0.754. The number of anilines is 1. The molecule has 1 heterocycles. The molecule has 0 aliphatic heterocycles. The Labute approximate surface area is 162 Å². The smallest absolute Gasteiger partial charge is 0.248 e. The molecule has 4 nitrogen and oxygen atoms in total. The standard InChI is InChI=1S/C20H17Cl2N3O/c1-14-23-10-11-25(14)13-16-2-6-17(7-3-16)24-20(26)9-5-15-4-8-18(21)19(22)12-15/h2-12H,13H2,1H3,(H,24,26)/b9-5+. The van der Waals surface area contributed by atoms with E-state index in [2.05, 4.69) is 14.9 Å². The molecule has 26 heavy (non-hydrogen) atoms. The molecule has 0 unspecified atom stereocenters. The fraction of sp³-hybridized carbons (Fsp3) is 0.100. The minimum absolute atomic E-state index is 0.214. The first-order valence-electron chi connectivity index (χ1n) is 8.02. The fourth-order valence-electron chi connectivity index (χ4n) is 2.43. The van der Waals surface area contributed by atoms with Crippen molar-refractivity contribution in [2.45, 2.75) is 13.5 Å². The highest BCUT2D eigenvalue weighted by molar-refractivity contribution is 6.42. The van der Waals surface area contributed by atoms with Gasteiger partial charge in [0.25, 0.3) is 0 Å². The van der Waals surface area contributed by atoms with E-state index >= 15 is 0 Å². The molecular formula is C20H17Cl2N3O. The van der Waals surface area contributed by atoms with Gasteiger partial charge in [-0.05, 0) is 48.4 Å². The van der Waals surface area contributed by atoms with E-state index in [9.17, 15) is 4.79 Å². The second-order valence-corrected chi connectivity index (χ2v) is 6.61. The maximum Gasteiger partial charge on any atom is 0.248 e. The lowest BCUT2D eigenvalue weighted by Gasteiger charge is -2.07. The van der Waals surface area contributed by atoms with Crippen LogP contribution in [0.1, 0.15) is 17.0 Å². The third kappa shape index (κ3) is 4.75. The number of nitrogens with one attached hydrogen (secondary N) is 1. The summed E-state index contributed by atoms with van der Waals surface area (Å²) in [5.41, 5.74) is 2.68. The van der Waals surface area contributed by atoms with E-state index in [4.69, 9.17) is 23.2 Å². The lowest BCUT2D eigenvalue weighted by molar-refractivity contribution is -0.111. The van der Waals surface area contributed by atoms with E-state index in [1.54, 1.807) is 30.5 Å². The maximum absolute atomic E-state index is 12.1. The Hall–Kier alpha value is -2.56. The molecule has 3 aromatic rings. The van der Waals surface area contributed by atoms with Crippen molar-refractivity contribution in [3.05, 3.63) is 87.9 Å². The van der Waals surface area contributed by atoms with Gasteiger partial charge in [0, 0.05) is 30.7 Å². The molecule has 132 valence electrons. The van der Waals surface area contributed by atoms with E-state index in [1.807, 2.05) is 37.4 Å². The average molecular weight is 386 g/mol. The van der Waals surface area contributed by atoms with Gasteiger partial charge in [0.15, 0.2) is 0 Å². The number of hydrogen-bond acceptors (Lipinski definition) is 2. The van der Waals surface area contributed by atoms with Crippen molar-refractivity contribution in [1.29, 1.82) is 0 Å². The van der Waals surface area contributed by atoms with E-state index in [0.717, 1.165) is 29.2 Å². The minimum Gasteiger partial charge on any atom is -0.331 e. The van der Waals surface area contributed by atoms with Crippen molar-refractivity contribution in [1.82, 2.24) is 9.55 Å². The molecule has 0 bridgehead atoms. The molecule has 0 aliphatic carbocycles. The summed E-state index contributed by atoms with van der Waals surface area (Å²) in [7, 11) is 0. The summed E-state index contributed by atoms with van der Waals surface area (Å²) in [6.45, 7) is 2.71. The summed E-state index contributed by atoms with van der Waals surface area (Å²) in [4.78, 5) is 16.3. The van der Waals surface area contributed by atoms with E-state index in [0.29, 0.717) is 10.0 Å². The van der Waals surface area contributed by atoms with Crippen molar-refractivity contribution in [3.63, 3.8) is 0 Å². The van der Waals surface area contributed by atoms with Crippen LogP contribution in [-0.2, 0) is 11.3 Å². The monoisotopic (exact) mass is 385 g/mol. The summed E-state index contributed by atoms with van der Waals surface area (Å²) in [6.07, 6.45) is 6.87. The van der Waals surface area contributed by atoms with Gasteiger partial charge in [0.05, 0.1) is 10.0 Å². The lowest BCUT2D eigenvalue weighted by atomic mass is 10.2. The number of nitrogens with zero attached hydrogens (tertiary/aromatic N) is 2. The SMILES string of the molecule is Cc1nccn1Cc1ccc(NC(=O)/C=C/c2ccc(Cl)c(Cl)c2)cc1. The highest BCUT2D eigenvalue weighted by Crippen LogP contribution is 2.23. The Balaban J connectivity index is 1.59. The summed E-state index contributed by atoms with van der Waals surface area (Å²) >= 11 is 11.8. The quantitative estimate of drug-likeness (QED) is 0.613. The normalized spacial score (nSPS) is 11.0. The van der Waals surface area contributed by atoms with Crippen LogP contribution in [0, 0.1) is 6.92 Å². The van der Waals surface area contributed by atoms with Gasteiger partial charge in [-0.3, -0.25) is 4.79 Å². The first-order chi connectivity index (χ1) is 12.5. The zero-order valence-electron chi connectivity index (χ0n) is 14.1. The Morgan fingerprint density at radius 2 is 1.92 bits per heavy atom. The molecule has 1 aromatic heterocycles. The van der Waals surface area contributed by atoms with Gasteiger partial charge < -0.3 is 9.88 Å². The summed E-state index contributed by atoms with van der Waals surface area (Å²) in [6, 6.07) is 12.9. The largest absolute Gasteiger partial charge is 0.331 e. The highest BCUT2D eigenvalue weighted by Gasteiger charge is 2.02. The van der Waals surface area contributed by atoms with Gasteiger partial charge in [-0.25, -0.2) is 4.98 Å². The van der Waals surface area contributed by atoms with Gasteiger partial charge in [0.2, 0.25) is 5.91 Å². The van der Waals surface area contributed by atoms with Crippen molar-refractivity contribution >= 4 is 40.9 Å². The van der Waals surface area contributed by atoms with Crippen molar-refractivity contribution in [2.24, 2.45) is 0 Å². The van der Waals surface area contributed by atoms with Gasteiger partial charge in [-0.15, -0.1) is 0 Å². The highest BCUT2D eigenvalue weighted by atomic mass is 35.5. The van der Waals surface area contributed by atoms with Crippen LogP contribution < -0.4 is 5.32 Å². The number of carbonyl (C=O) groups is 1. The van der Waals surface area contributed by atoms with Crippen LogP contribution in [0.2, 0.25) is 10.0 Å². The van der Waals surface area contributed by atoms with Gasteiger partial charge in [-0.2, -0.15) is 0 Å². The van der Waals surface area contributed by atoms with Crippen LogP contribution >= 0.6 is 23.2 Å². The Bertz CT molecular complexity index is 946. The third-order valence-electron chi connectivity index (χ3n) is 3.87. The number of benzene rings is 2. The van der Waals surface area contributed by atoms with Gasteiger partial charge >= 0.3 is 0 Å². The number of halogens is 2. The van der Waals surface area contributed by atoms with Crippen LogP contribution in [0.15, 0.2) is 60.9 Å². The topological polar surface area (TPSA) is 46.9 Å². The zero-order valence-corrected chi connectivity index (χ0v) is 15.6. The Morgan fingerprint density at radius 1 is 1.15 bits per heavy atom. The second-order valence-electron chi connectivity index (χ2n) is 5.80. The second kappa shape index (κ2) is 8.21. The number of amides is 1. The molecule has 0 atom stereocenters. The predicted octanol–water partition coefficient (Wildman–Crippen LogP) is 5.20. The molecule has 0 fully saturated rings. The molecule has 0 saturated heterocycles. The zero-order chi connectivity index (χ0) is 18.5. The minimum atomic E-state index is -0.214. The number of aromatic nitrogens is 2. The molecule has 0 radical (unpaired) electrons. The van der Waals surface area contributed by atoms with Gasteiger partial charge in [0.1, 0.15) is 5.82 Å². The molecule has 0 aliphatic rings. The molecule has 0 saturated carbocycles. The Kier molecular flexibility index (Phi) is 5.76. The molecule has 6 heteroatoms. The number of aryl methyl sites for hydroxylation is 1. The van der Waals surface area contributed by atoms with Crippen LogP contribution in [0.25, 0.3) is 6.08 Å². The maximum atomic E-state index is 12.1. The summed E-state index contributed by atoms with van der Waals surface area (Å²) < 4.78 is 2.06. The molecule has 2 aromatic carbocycles. The van der Waals surface area contributed by atoms with Crippen molar-refractivity contribution in [2.75, 3.05) is 5.32 Å². The molecule has 3 rings (SSSR count). The van der Waals surface area contributed by atoms with Crippen LogP contribution in [0.3, 0.4) is 0 Å². The molecular weight excluding hydrogens is 369 g/mol. The van der Waals surface area contributed by atoms with Crippen molar-refractivity contribution in [3.8, 4) is 0 Å². The molecule has 1 N–H and O–H groups in total. The predicted molar refractivity (Wildman–Crippen MR) is 107 cm³/mol. The lowest BCUT2D eigenvalue weighted by Crippen LogP contribution is -2.08. The van der Waals surface area contributed by atoms with Crippen LogP contribution in [0.5, 0.6) is 0 Å². The number of hydrogen-bond donors (Lipinski definition) is 1. The molecule has 0 spiro atoms. The Morgan fingerprint density at radius 3 is 2.58 bits per heavy atom. The summed E-state index contributed by atoms with van der Waals surface area (Å²) in [5, 5.41) is 3.77. The van der Waals surface area contributed by atoms with E-state index in [-0.39, 0.29) is 5.91 Å². The number of rotatable bonds is 5. The van der Waals surface area contributed by atoms with Gasteiger partial charge in [-0.1, -0.05) is 41.4 Å². The first-order valence-corrected chi connectivity index (χ1v) is 8.77. The van der Waals surface area contributed by atoms with E-state index in [1.165, 1.54) is 6.08 Å². The number of imidazole rings is 1. The fourth-order valence-corrected chi connectivity index (χ4v) is 2.74. The van der Waals surface area contributed by atoms with E-state index < -0.39 is 0 Å². The first kappa shape index (κ1) is 18.2.